The van der Waals surface area contributed by atoms with Gasteiger partial charge in [0.05, 0.1) is 6.42 Å². The molecule has 1 unspecified atom stereocenters. The van der Waals surface area contributed by atoms with Gasteiger partial charge in [0, 0.05) is 22.6 Å². The van der Waals surface area contributed by atoms with Crippen LogP contribution in [0.15, 0.2) is 54.6 Å². The van der Waals surface area contributed by atoms with E-state index in [0.29, 0.717) is 16.1 Å². The summed E-state index contributed by atoms with van der Waals surface area (Å²) in [5.74, 6) is -1.02. The van der Waals surface area contributed by atoms with Crippen LogP contribution in [-0.4, -0.2) is 23.6 Å². The molecule has 1 atom stereocenters. The first-order chi connectivity index (χ1) is 11.5. The van der Waals surface area contributed by atoms with Crippen molar-refractivity contribution in [3.05, 3.63) is 70.7 Å². The first kappa shape index (κ1) is 17.9. The van der Waals surface area contributed by atoms with Crippen molar-refractivity contribution in [3.8, 4) is 0 Å². The molecule has 0 amide bonds. The SMILES string of the molecule is CC(OC(=O)CCC(=O)c1ccc(Cl)cc1)C(=O)c1ccccc1. The van der Waals surface area contributed by atoms with Crippen LogP contribution in [0.1, 0.15) is 40.5 Å². The molecule has 0 N–H and O–H groups in total. The van der Waals surface area contributed by atoms with Crippen LogP contribution in [0.4, 0.5) is 0 Å². The van der Waals surface area contributed by atoms with E-state index in [2.05, 4.69) is 0 Å². The Balaban J connectivity index is 1.83. The minimum absolute atomic E-state index is 0.0205. The van der Waals surface area contributed by atoms with E-state index >= 15 is 0 Å². The van der Waals surface area contributed by atoms with Gasteiger partial charge in [-0.15, -0.1) is 0 Å². The van der Waals surface area contributed by atoms with Crippen LogP contribution < -0.4 is 0 Å². The van der Waals surface area contributed by atoms with E-state index in [1.54, 1.807) is 54.6 Å². The fraction of sp³-hybridized carbons (Fsp3) is 0.211. The second-order valence-corrected chi connectivity index (χ2v) is 5.73. The Morgan fingerprint density at radius 1 is 0.917 bits per heavy atom. The molecule has 0 aliphatic rings. The molecular weight excluding hydrogens is 328 g/mol. The first-order valence-corrected chi connectivity index (χ1v) is 7.92. The summed E-state index contributed by atoms with van der Waals surface area (Å²) in [6.45, 7) is 1.52. The van der Waals surface area contributed by atoms with Crippen LogP contribution in [0.3, 0.4) is 0 Å². The first-order valence-electron chi connectivity index (χ1n) is 7.55. The van der Waals surface area contributed by atoms with Gasteiger partial charge in [0.1, 0.15) is 0 Å². The number of ether oxygens (including phenoxy) is 1. The summed E-state index contributed by atoms with van der Waals surface area (Å²) in [4.78, 5) is 35.9. The van der Waals surface area contributed by atoms with Gasteiger partial charge in [-0.25, -0.2) is 0 Å². The van der Waals surface area contributed by atoms with Gasteiger partial charge in [0.25, 0.3) is 0 Å². The van der Waals surface area contributed by atoms with Crippen molar-refractivity contribution in [1.29, 1.82) is 0 Å². The predicted octanol–water partition coefficient (Wildman–Crippen LogP) is 4.12. The topological polar surface area (TPSA) is 60.4 Å². The molecule has 4 nitrogen and oxygen atoms in total. The third-order valence-corrected chi connectivity index (χ3v) is 3.71. The molecule has 2 aromatic rings. The van der Waals surface area contributed by atoms with Crippen molar-refractivity contribution >= 4 is 29.1 Å². The van der Waals surface area contributed by atoms with Gasteiger partial charge in [-0.1, -0.05) is 41.9 Å². The average Bonchev–Trinajstić information content (AvgIpc) is 2.60. The molecule has 5 heteroatoms. The Labute approximate surface area is 145 Å². The largest absolute Gasteiger partial charge is 0.454 e. The highest BCUT2D eigenvalue weighted by Crippen LogP contribution is 2.13. The summed E-state index contributed by atoms with van der Waals surface area (Å²) in [7, 11) is 0. The number of Topliss-reactive ketones (excluding diaryl/α,β-unsaturated/α-hetero) is 2. The molecule has 24 heavy (non-hydrogen) atoms. The highest BCUT2D eigenvalue weighted by molar-refractivity contribution is 6.30. The smallest absolute Gasteiger partial charge is 0.306 e. The van der Waals surface area contributed by atoms with Crippen molar-refractivity contribution < 1.29 is 19.1 Å². The summed E-state index contributed by atoms with van der Waals surface area (Å²) in [5, 5.41) is 0.541. The second kappa shape index (κ2) is 8.41. The highest BCUT2D eigenvalue weighted by Gasteiger charge is 2.19. The third kappa shape index (κ3) is 5.03. The number of halogens is 1. The monoisotopic (exact) mass is 344 g/mol. The van der Waals surface area contributed by atoms with Gasteiger partial charge >= 0.3 is 5.97 Å². The molecule has 2 rings (SSSR count). The summed E-state index contributed by atoms with van der Waals surface area (Å²) in [5.41, 5.74) is 0.968. The van der Waals surface area contributed by atoms with Crippen molar-refractivity contribution in [2.75, 3.05) is 0 Å². The summed E-state index contributed by atoms with van der Waals surface area (Å²) in [6, 6.07) is 15.1. The molecule has 2 aromatic carbocycles. The molecule has 0 aliphatic heterocycles. The molecule has 0 saturated heterocycles. The van der Waals surface area contributed by atoms with Crippen molar-refractivity contribution in [3.63, 3.8) is 0 Å². The molecule has 0 aliphatic carbocycles. The number of carbonyl (C=O) groups excluding carboxylic acids is 3. The maximum Gasteiger partial charge on any atom is 0.306 e. The van der Waals surface area contributed by atoms with E-state index in [-0.39, 0.29) is 24.4 Å². The van der Waals surface area contributed by atoms with Crippen LogP contribution in [-0.2, 0) is 9.53 Å². The number of ketones is 2. The lowest BCUT2D eigenvalue weighted by Crippen LogP contribution is -2.24. The Bertz CT molecular complexity index is 723. The fourth-order valence-corrected chi connectivity index (χ4v) is 2.27. The lowest BCUT2D eigenvalue weighted by molar-refractivity contribution is -0.146. The number of benzene rings is 2. The van der Waals surface area contributed by atoms with Gasteiger partial charge in [0.2, 0.25) is 5.78 Å². The van der Waals surface area contributed by atoms with Gasteiger partial charge in [0.15, 0.2) is 11.9 Å². The number of hydrogen-bond acceptors (Lipinski definition) is 4. The Kier molecular flexibility index (Phi) is 6.27. The van der Waals surface area contributed by atoms with Gasteiger partial charge in [-0.05, 0) is 31.2 Å². The van der Waals surface area contributed by atoms with Crippen LogP contribution in [0.5, 0.6) is 0 Å². The van der Waals surface area contributed by atoms with Gasteiger partial charge in [-0.2, -0.15) is 0 Å². The number of esters is 1. The number of hydrogen-bond donors (Lipinski definition) is 0. The van der Waals surface area contributed by atoms with E-state index in [4.69, 9.17) is 16.3 Å². The Morgan fingerprint density at radius 2 is 1.54 bits per heavy atom. The van der Waals surface area contributed by atoms with Gasteiger partial charge < -0.3 is 4.74 Å². The van der Waals surface area contributed by atoms with E-state index in [9.17, 15) is 14.4 Å². The second-order valence-electron chi connectivity index (χ2n) is 5.29. The standard InChI is InChI=1S/C19H17ClO4/c1-13(19(23)15-5-3-2-4-6-15)24-18(22)12-11-17(21)14-7-9-16(20)10-8-14/h2-10,13H,11-12H2,1H3. The van der Waals surface area contributed by atoms with E-state index in [1.165, 1.54) is 6.92 Å². The minimum Gasteiger partial charge on any atom is -0.454 e. The van der Waals surface area contributed by atoms with Crippen molar-refractivity contribution in [1.82, 2.24) is 0 Å². The van der Waals surface area contributed by atoms with E-state index < -0.39 is 12.1 Å². The summed E-state index contributed by atoms with van der Waals surface area (Å²) in [6.07, 6.45) is -0.939. The van der Waals surface area contributed by atoms with Gasteiger partial charge in [-0.3, -0.25) is 14.4 Å². The van der Waals surface area contributed by atoms with E-state index in [1.807, 2.05) is 0 Å². The molecule has 0 saturated carbocycles. The van der Waals surface area contributed by atoms with E-state index in [0.717, 1.165) is 0 Å². The zero-order chi connectivity index (χ0) is 17.5. The maximum atomic E-state index is 12.1. The lowest BCUT2D eigenvalue weighted by Gasteiger charge is -2.12. The minimum atomic E-state index is -0.884. The molecule has 0 spiro atoms. The van der Waals surface area contributed by atoms with Crippen molar-refractivity contribution in [2.45, 2.75) is 25.9 Å². The van der Waals surface area contributed by atoms with Crippen molar-refractivity contribution in [2.24, 2.45) is 0 Å². The molecular formula is C19H17ClO4. The normalized spacial score (nSPS) is 11.6. The quantitative estimate of drug-likeness (QED) is 0.560. The zero-order valence-corrected chi connectivity index (χ0v) is 14.0. The molecule has 0 heterocycles. The molecule has 0 bridgehead atoms. The van der Waals surface area contributed by atoms with Crippen LogP contribution >= 0.6 is 11.6 Å². The third-order valence-electron chi connectivity index (χ3n) is 3.46. The lowest BCUT2D eigenvalue weighted by atomic mass is 10.1. The molecule has 0 radical (unpaired) electrons. The summed E-state index contributed by atoms with van der Waals surface area (Å²) < 4.78 is 5.11. The Morgan fingerprint density at radius 3 is 2.17 bits per heavy atom. The van der Waals surface area contributed by atoms with Crippen LogP contribution in [0, 0.1) is 0 Å². The van der Waals surface area contributed by atoms with Crippen LogP contribution in [0.25, 0.3) is 0 Å². The number of rotatable bonds is 7. The number of carbonyl (C=O) groups is 3. The molecule has 0 aromatic heterocycles. The summed E-state index contributed by atoms with van der Waals surface area (Å²) >= 11 is 5.76. The van der Waals surface area contributed by atoms with Crippen LogP contribution in [0.2, 0.25) is 5.02 Å². The molecule has 124 valence electrons. The zero-order valence-electron chi connectivity index (χ0n) is 13.2. The molecule has 0 fully saturated rings. The fourth-order valence-electron chi connectivity index (χ4n) is 2.14. The Hall–Kier alpha value is -2.46. The predicted molar refractivity (Wildman–Crippen MR) is 91.3 cm³/mol. The maximum absolute atomic E-state index is 12.1. The highest BCUT2D eigenvalue weighted by atomic mass is 35.5. The average molecular weight is 345 g/mol.